The summed E-state index contributed by atoms with van der Waals surface area (Å²) >= 11 is 3.16. The Bertz CT molecular complexity index is 395. The highest BCUT2D eigenvalue weighted by Crippen LogP contribution is 2.22. The average Bonchev–Trinajstić information content (AvgIpc) is 2.31. The Hall–Kier alpha value is -0.740. The maximum Gasteiger partial charge on any atom is 0.140 e. The molecule has 2 nitrogen and oxygen atoms in total. The highest BCUT2D eigenvalue weighted by atomic mass is 79.9. The Balaban J connectivity index is 2.64. The molecule has 4 heteroatoms. The predicted octanol–water partition coefficient (Wildman–Crippen LogP) is 3.07. The second kappa shape index (κ2) is 6.87. The number of hydrogen-bond donors (Lipinski definition) is 1. The number of Topliss-reactive ketones (excluding diaryl/α,β-unsaturated/α-hetero) is 1. The molecule has 1 aromatic rings. The molecule has 94 valence electrons. The van der Waals surface area contributed by atoms with Crippen LogP contribution < -0.4 is 5.73 Å². The Morgan fingerprint density at radius 1 is 1.53 bits per heavy atom. The van der Waals surface area contributed by atoms with E-state index in [2.05, 4.69) is 15.9 Å². The Morgan fingerprint density at radius 2 is 2.24 bits per heavy atom. The number of carbonyl (C=O) groups excluding carboxylic acids is 1. The summed E-state index contributed by atoms with van der Waals surface area (Å²) in [5.74, 6) is -0.219. The number of carbonyl (C=O) groups is 1. The molecule has 1 unspecified atom stereocenters. The molecule has 0 aliphatic heterocycles. The minimum Gasteiger partial charge on any atom is -0.330 e. The van der Waals surface area contributed by atoms with Crippen LogP contribution in [0.3, 0.4) is 0 Å². The standard InChI is InChI=1S/C13H17BrFNO/c1-9(4-3-7-16)12(17)8-10-5-2-6-11(15)13(10)14/h2,5-6,9H,3-4,7-8,16H2,1H3. The minimum absolute atomic E-state index is 0.0197. The van der Waals surface area contributed by atoms with Crippen LogP contribution in [-0.2, 0) is 11.2 Å². The molecule has 0 aliphatic rings. The van der Waals surface area contributed by atoms with Crippen LogP contribution in [0.15, 0.2) is 22.7 Å². The zero-order valence-electron chi connectivity index (χ0n) is 9.88. The molecule has 0 saturated heterocycles. The molecule has 0 aromatic heterocycles. The highest BCUT2D eigenvalue weighted by molar-refractivity contribution is 9.10. The van der Waals surface area contributed by atoms with Crippen LogP contribution in [-0.4, -0.2) is 12.3 Å². The summed E-state index contributed by atoms with van der Waals surface area (Å²) in [4.78, 5) is 11.9. The molecule has 0 heterocycles. The van der Waals surface area contributed by atoms with Crippen molar-refractivity contribution in [2.24, 2.45) is 11.7 Å². The van der Waals surface area contributed by atoms with E-state index < -0.39 is 0 Å². The third-order valence-electron chi connectivity index (χ3n) is 2.79. The fourth-order valence-electron chi connectivity index (χ4n) is 1.63. The van der Waals surface area contributed by atoms with Crippen molar-refractivity contribution in [2.75, 3.05) is 6.54 Å². The quantitative estimate of drug-likeness (QED) is 0.877. The summed E-state index contributed by atoms with van der Waals surface area (Å²) in [7, 11) is 0. The fourth-order valence-corrected chi connectivity index (χ4v) is 2.04. The third-order valence-corrected chi connectivity index (χ3v) is 3.68. The van der Waals surface area contributed by atoms with E-state index in [0.29, 0.717) is 16.6 Å². The van der Waals surface area contributed by atoms with Crippen molar-refractivity contribution < 1.29 is 9.18 Å². The number of rotatable bonds is 6. The van der Waals surface area contributed by atoms with Crippen molar-refractivity contribution in [3.05, 3.63) is 34.1 Å². The van der Waals surface area contributed by atoms with Crippen LogP contribution >= 0.6 is 15.9 Å². The van der Waals surface area contributed by atoms with Gasteiger partial charge in [-0.3, -0.25) is 4.79 Å². The molecule has 1 aromatic carbocycles. The van der Waals surface area contributed by atoms with Gasteiger partial charge in [0.05, 0.1) is 4.47 Å². The lowest BCUT2D eigenvalue weighted by Gasteiger charge is -2.10. The molecule has 1 rings (SSSR count). The zero-order valence-corrected chi connectivity index (χ0v) is 11.5. The van der Waals surface area contributed by atoms with Crippen LogP contribution in [0.25, 0.3) is 0 Å². The molecule has 17 heavy (non-hydrogen) atoms. The third kappa shape index (κ3) is 4.21. The molecule has 0 spiro atoms. The normalized spacial score (nSPS) is 12.5. The van der Waals surface area contributed by atoms with Gasteiger partial charge in [0.15, 0.2) is 0 Å². The molecule has 0 saturated carbocycles. The smallest absolute Gasteiger partial charge is 0.140 e. The van der Waals surface area contributed by atoms with Gasteiger partial charge in [0.2, 0.25) is 0 Å². The summed E-state index contributed by atoms with van der Waals surface area (Å²) in [6, 6.07) is 4.75. The van der Waals surface area contributed by atoms with Gasteiger partial charge in [-0.15, -0.1) is 0 Å². The van der Waals surface area contributed by atoms with Crippen molar-refractivity contribution >= 4 is 21.7 Å². The first-order chi connectivity index (χ1) is 8.06. The first-order valence-corrected chi connectivity index (χ1v) is 6.51. The number of halogens is 2. The van der Waals surface area contributed by atoms with Gasteiger partial charge in [-0.2, -0.15) is 0 Å². The minimum atomic E-state index is -0.329. The van der Waals surface area contributed by atoms with E-state index in [9.17, 15) is 9.18 Å². The van der Waals surface area contributed by atoms with E-state index in [0.717, 1.165) is 12.8 Å². The van der Waals surface area contributed by atoms with Crippen molar-refractivity contribution in [1.29, 1.82) is 0 Å². The molecule has 0 bridgehead atoms. The molecule has 1 atom stereocenters. The largest absolute Gasteiger partial charge is 0.330 e. The second-order valence-corrected chi connectivity index (χ2v) is 4.98. The first kappa shape index (κ1) is 14.3. The molecule has 0 amide bonds. The van der Waals surface area contributed by atoms with E-state index in [1.807, 2.05) is 6.92 Å². The van der Waals surface area contributed by atoms with Crippen LogP contribution in [0.5, 0.6) is 0 Å². The van der Waals surface area contributed by atoms with Crippen molar-refractivity contribution in [3.63, 3.8) is 0 Å². The van der Waals surface area contributed by atoms with Gasteiger partial charge in [0, 0.05) is 12.3 Å². The summed E-state index contributed by atoms with van der Waals surface area (Å²) < 4.78 is 13.6. The Morgan fingerprint density at radius 3 is 2.88 bits per heavy atom. The number of ketones is 1. The van der Waals surface area contributed by atoms with E-state index in [1.54, 1.807) is 12.1 Å². The summed E-state index contributed by atoms with van der Waals surface area (Å²) in [5.41, 5.74) is 6.11. The Labute approximate surface area is 110 Å². The van der Waals surface area contributed by atoms with Crippen LogP contribution in [0, 0.1) is 11.7 Å². The van der Waals surface area contributed by atoms with Crippen LogP contribution in [0.4, 0.5) is 4.39 Å². The van der Waals surface area contributed by atoms with Crippen molar-refractivity contribution in [1.82, 2.24) is 0 Å². The van der Waals surface area contributed by atoms with Crippen LogP contribution in [0.1, 0.15) is 25.3 Å². The van der Waals surface area contributed by atoms with Crippen molar-refractivity contribution in [2.45, 2.75) is 26.2 Å². The maximum atomic E-state index is 13.3. The molecule has 0 aliphatic carbocycles. The molecule has 0 fully saturated rings. The predicted molar refractivity (Wildman–Crippen MR) is 70.3 cm³/mol. The zero-order chi connectivity index (χ0) is 12.8. The van der Waals surface area contributed by atoms with E-state index in [-0.39, 0.29) is 23.9 Å². The van der Waals surface area contributed by atoms with Gasteiger partial charge in [-0.25, -0.2) is 4.39 Å². The summed E-state index contributed by atoms with van der Waals surface area (Å²) in [6.07, 6.45) is 1.91. The van der Waals surface area contributed by atoms with E-state index in [1.165, 1.54) is 6.07 Å². The van der Waals surface area contributed by atoms with Gasteiger partial charge >= 0.3 is 0 Å². The van der Waals surface area contributed by atoms with Crippen molar-refractivity contribution in [3.8, 4) is 0 Å². The topological polar surface area (TPSA) is 43.1 Å². The van der Waals surface area contributed by atoms with E-state index >= 15 is 0 Å². The molecular weight excluding hydrogens is 285 g/mol. The fraction of sp³-hybridized carbons (Fsp3) is 0.462. The highest BCUT2D eigenvalue weighted by Gasteiger charge is 2.15. The summed E-state index contributed by atoms with van der Waals surface area (Å²) in [5, 5.41) is 0. The molecular formula is C13H17BrFNO. The monoisotopic (exact) mass is 301 g/mol. The lowest BCUT2D eigenvalue weighted by atomic mass is 9.95. The maximum absolute atomic E-state index is 13.3. The number of benzene rings is 1. The van der Waals surface area contributed by atoms with Crippen LogP contribution in [0.2, 0.25) is 0 Å². The van der Waals surface area contributed by atoms with Gasteiger partial charge in [0.25, 0.3) is 0 Å². The van der Waals surface area contributed by atoms with Gasteiger partial charge in [-0.1, -0.05) is 19.1 Å². The van der Waals surface area contributed by atoms with Gasteiger partial charge < -0.3 is 5.73 Å². The number of hydrogen-bond acceptors (Lipinski definition) is 2. The van der Waals surface area contributed by atoms with E-state index in [4.69, 9.17) is 5.73 Å². The van der Waals surface area contributed by atoms with Gasteiger partial charge in [-0.05, 0) is 46.9 Å². The summed E-state index contributed by atoms with van der Waals surface area (Å²) in [6.45, 7) is 2.49. The number of nitrogens with two attached hydrogens (primary N) is 1. The molecule has 2 N–H and O–H groups in total. The first-order valence-electron chi connectivity index (χ1n) is 5.72. The molecule has 0 radical (unpaired) electrons. The lowest BCUT2D eigenvalue weighted by molar-refractivity contribution is -0.121. The Kier molecular flexibility index (Phi) is 5.78. The van der Waals surface area contributed by atoms with Gasteiger partial charge in [0.1, 0.15) is 11.6 Å². The second-order valence-electron chi connectivity index (χ2n) is 4.19. The lowest BCUT2D eigenvalue weighted by Crippen LogP contribution is -2.15. The average molecular weight is 302 g/mol. The SMILES string of the molecule is CC(CCCN)C(=O)Cc1cccc(F)c1Br.